The number of ether oxygens (including phenoxy) is 1. The number of aliphatic hydroxyl groups excluding tert-OH is 1. The zero-order valence-electron chi connectivity index (χ0n) is 11.2. The molecule has 0 heterocycles. The SMILES string of the molecule is CC(C)(C)CNC(=O)COc1ccc(CO)cc1. The Morgan fingerprint density at radius 1 is 1.28 bits per heavy atom. The van der Waals surface area contributed by atoms with Crippen LogP contribution >= 0.6 is 0 Å². The van der Waals surface area contributed by atoms with Crippen LogP contribution in [-0.2, 0) is 11.4 Å². The molecule has 0 aliphatic carbocycles. The van der Waals surface area contributed by atoms with E-state index in [0.29, 0.717) is 12.3 Å². The van der Waals surface area contributed by atoms with E-state index in [9.17, 15) is 4.79 Å². The minimum absolute atomic E-state index is 0.00630. The van der Waals surface area contributed by atoms with Crippen LogP contribution in [0.15, 0.2) is 24.3 Å². The predicted molar refractivity (Wildman–Crippen MR) is 70.3 cm³/mol. The van der Waals surface area contributed by atoms with Crippen molar-refractivity contribution in [2.45, 2.75) is 27.4 Å². The highest BCUT2D eigenvalue weighted by Crippen LogP contribution is 2.12. The second-order valence-corrected chi connectivity index (χ2v) is 5.43. The van der Waals surface area contributed by atoms with Gasteiger partial charge in [0.2, 0.25) is 0 Å². The highest BCUT2D eigenvalue weighted by atomic mass is 16.5. The number of nitrogens with one attached hydrogen (secondary N) is 1. The molecule has 0 spiro atoms. The van der Waals surface area contributed by atoms with E-state index < -0.39 is 0 Å². The van der Waals surface area contributed by atoms with Gasteiger partial charge in [-0.25, -0.2) is 0 Å². The van der Waals surface area contributed by atoms with Gasteiger partial charge in [-0.15, -0.1) is 0 Å². The zero-order valence-corrected chi connectivity index (χ0v) is 11.2. The van der Waals surface area contributed by atoms with Crippen molar-refractivity contribution in [2.75, 3.05) is 13.2 Å². The lowest BCUT2D eigenvalue weighted by Crippen LogP contribution is -2.35. The van der Waals surface area contributed by atoms with Gasteiger partial charge < -0.3 is 15.2 Å². The topological polar surface area (TPSA) is 58.6 Å². The largest absolute Gasteiger partial charge is 0.484 e. The van der Waals surface area contributed by atoms with Crippen molar-refractivity contribution in [3.05, 3.63) is 29.8 Å². The molecule has 0 atom stereocenters. The standard InChI is InChI=1S/C14H21NO3/c1-14(2,3)10-15-13(17)9-18-12-6-4-11(8-16)5-7-12/h4-7,16H,8-10H2,1-3H3,(H,15,17). The molecule has 0 aliphatic rings. The lowest BCUT2D eigenvalue weighted by atomic mass is 9.97. The van der Waals surface area contributed by atoms with Crippen LogP contribution in [0.3, 0.4) is 0 Å². The van der Waals surface area contributed by atoms with Crippen molar-refractivity contribution in [1.29, 1.82) is 0 Å². The number of hydrogen-bond donors (Lipinski definition) is 2. The van der Waals surface area contributed by atoms with Crippen molar-refractivity contribution < 1.29 is 14.6 Å². The van der Waals surface area contributed by atoms with Gasteiger partial charge in [0.1, 0.15) is 5.75 Å². The Labute approximate surface area is 108 Å². The number of carbonyl (C=O) groups excluding carboxylic acids is 1. The highest BCUT2D eigenvalue weighted by Gasteiger charge is 2.11. The second kappa shape index (κ2) is 6.40. The summed E-state index contributed by atoms with van der Waals surface area (Å²) in [5, 5.41) is 11.7. The molecule has 0 radical (unpaired) electrons. The van der Waals surface area contributed by atoms with Crippen LogP contribution in [0.25, 0.3) is 0 Å². The molecular formula is C14H21NO3. The Balaban J connectivity index is 2.33. The van der Waals surface area contributed by atoms with Gasteiger partial charge in [-0.3, -0.25) is 4.79 Å². The average Bonchev–Trinajstić information content (AvgIpc) is 2.33. The summed E-state index contributed by atoms with van der Waals surface area (Å²) in [6.45, 7) is 6.81. The summed E-state index contributed by atoms with van der Waals surface area (Å²) in [4.78, 5) is 11.5. The summed E-state index contributed by atoms with van der Waals surface area (Å²) in [6, 6.07) is 7.01. The Morgan fingerprint density at radius 3 is 2.39 bits per heavy atom. The fraction of sp³-hybridized carbons (Fsp3) is 0.500. The summed E-state index contributed by atoms with van der Waals surface area (Å²) < 4.78 is 5.34. The van der Waals surface area contributed by atoms with Gasteiger partial charge in [-0.2, -0.15) is 0 Å². The van der Waals surface area contributed by atoms with Gasteiger partial charge in [0.05, 0.1) is 6.61 Å². The Hall–Kier alpha value is -1.55. The quantitative estimate of drug-likeness (QED) is 0.837. The third-order valence-electron chi connectivity index (χ3n) is 2.29. The molecule has 0 bridgehead atoms. The smallest absolute Gasteiger partial charge is 0.257 e. The first kappa shape index (κ1) is 14.5. The molecule has 1 amide bonds. The van der Waals surface area contributed by atoms with Crippen LogP contribution in [-0.4, -0.2) is 24.2 Å². The van der Waals surface area contributed by atoms with Crippen LogP contribution in [0, 0.1) is 5.41 Å². The minimum Gasteiger partial charge on any atom is -0.484 e. The zero-order chi connectivity index (χ0) is 13.6. The van der Waals surface area contributed by atoms with E-state index >= 15 is 0 Å². The number of rotatable bonds is 5. The first-order valence-electron chi connectivity index (χ1n) is 6.00. The molecule has 0 aliphatic heterocycles. The number of benzene rings is 1. The monoisotopic (exact) mass is 251 g/mol. The van der Waals surface area contributed by atoms with Crippen molar-refractivity contribution in [3.63, 3.8) is 0 Å². The van der Waals surface area contributed by atoms with E-state index in [4.69, 9.17) is 9.84 Å². The highest BCUT2D eigenvalue weighted by molar-refractivity contribution is 5.77. The summed E-state index contributed by atoms with van der Waals surface area (Å²) >= 11 is 0. The van der Waals surface area contributed by atoms with Crippen molar-refractivity contribution >= 4 is 5.91 Å². The van der Waals surface area contributed by atoms with Gasteiger partial charge in [0, 0.05) is 6.54 Å². The van der Waals surface area contributed by atoms with Gasteiger partial charge in [0.15, 0.2) is 6.61 Å². The van der Waals surface area contributed by atoms with E-state index in [1.165, 1.54) is 0 Å². The Morgan fingerprint density at radius 2 is 1.89 bits per heavy atom. The molecule has 0 aromatic heterocycles. The number of amides is 1. The van der Waals surface area contributed by atoms with E-state index in [1.54, 1.807) is 24.3 Å². The molecule has 18 heavy (non-hydrogen) atoms. The summed E-state index contributed by atoms with van der Waals surface area (Å²) in [7, 11) is 0. The van der Waals surface area contributed by atoms with Crippen LogP contribution < -0.4 is 10.1 Å². The molecule has 0 saturated heterocycles. The molecule has 1 aromatic rings. The Bertz CT molecular complexity index is 379. The average molecular weight is 251 g/mol. The molecule has 0 fully saturated rings. The molecule has 0 saturated carbocycles. The summed E-state index contributed by atoms with van der Waals surface area (Å²) in [5.74, 6) is 0.495. The molecule has 1 rings (SSSR count). The third kappa shape index (κ3) is 5.68. The van der Waals surface area contributed by atoms with E-state index in [-0.39, 0.29) is 24.5 Å². The van der Waals surface area contributed by atoms with Gasteiger partial charge >= 0.3 is 0 Å². The van der Waals surface area contributed by atoms with Crippen molar-refractivity contribution in [2.24, 2.45) is 5.41 Å². The molecule has 4 nitrogen and oxygen atoms in total. The molecule has 2 N–H and O–H groups in total. The number of hydrogen-bond acceptors (Lipinski definition) is 3. The maximum absolute atomic E-state index is 11.5. The Kier molecular flexibility index (Phi) is 5.16. The number of carbonyl (C=O) groups is 1. The normalized spacial score (nSPS) is 11.1. The lowest BCUT2D eigenvalue weighted by molar-refractivity contribution is -0.123. The first-order valence-corrected chi connectivity index (χ1v) is 6.00. The molecule has 1 aromatic carbocycles. The minimum atomic E-state index is -0.129. The predicted octanol–water partition coefficient (Wildman–Crippen LogP) is 1.72. The van der Waals surface area contributed by atoms with E-state index in [1.807, 2.05) is 0 Å². The molecule has 0 unspecified atom stereocenters. The number of aliphatic hydroxyl groups is 1. The molecule has 4 heteroatoms. The summed E-state index contributed by atoms with van der Waals surface area (Å²) in [6.07, 6.45) is 0. The van der Waals surface area contributed by atoms with Gasteiger partial charge in [0.25, 0.3) is 5.91 Å². The maximum atomic E-state index is 11.5. The fourth-order valence-corrected chi connectivity index (χ4v) is 1.25. The van der Waals surface area contributed by atoms with Crippen molar-refractivity contribution in [1.82, 2.24) is 5.32 Å². The van der Waals surface area contributed by atoms with Crippen LogP contribution in [0.1, 0.15) is 26.3 Å². The van der Waals surface area contributed by atoms with E-state index in [2.05, 4.69) is 26.1 Å². The lowest BCUT2D eigenvalue weighted by Gasteiger charge is -2.18. The van der Waals surface area contributed by atoms with Gasteiger partial charge in [-0.05, 0) is 23.1 Å². The van der Waals surface area contributed by atoms with Crippen molar-refractivity contribution in [3.8, 4) is 5.75 Å². The third-order valence-corrected chi connectivity index (χ3v) is 2.29. The first-order chi connectivity index (χ1) is 8.40. The molecule has 100 valence electrons. The van der Waals surface area contributed by atoms with Crippen LogP contribution in [0.5, 0.6) is 5.75 Å². The second-order valence-electron chi connectivity index (χ2n) is 5.43. The fourth-order valence-electron chi connectivity index (χ4n) is 1.25. The van der Waals surface area contributed by atoms with Crippen LogP contribution in [0.4, 0.5) is 0 Å². The van der Waals surface area contributed by atoms with Gasteiger partial charge in [-0.1, -0.05) is 32.9 Å². The van der Waals surface area contributed by atoms with E-state index in [0.717, 1.165) is 5.56 Å². The van der Waals surface area contributed by atoms with Crippen LogP contribution in [0.2, 0.25) is 0 Å². The summed E-state index contributed by atoms with van der Waals surface area (Å²) in [5.41, 5.74) is 0.887. The molecular weight excluding hydrogens is 230 g/mol. The maximum Gasteiger partial charge on any atom is 0.257 e.